The van der Waals surface area contributed by atoms with Crippen molar-refractivity contribution in [2.45, 2.75) is 33.4 Å². The third kappa shape index (κ3) is 5.90. The van der Waals surface area contributed by atoms with Gasteiger partial charge in [0.2, 0.25) is 0 Å². The van der Waals surface area contributed by atoms with Gasteiger partial charge in [-0.05, 0) is 44.0 Å². The lowest BCUT2D eigenvalue weighted by Gasteiger charge is -2.35. The Bertz CT molecular complexity index is 765. The number of benzene rings is 1. The Morgan fingerprint density at radius 3 is 2.78 bits per heavy atom. The molecule has 1 N–H and O–H groups in total. The van der Waals surface area contributed by atoms with Gasteiger partial charge in [0.1, 0.15) is 6.10 Å². The van der Waals surface area contributed by atoms with Gasteiger partial charge in [-0.15, -0.1) is 24.0 Å². The summed E-state index contributed by atoms with van der Waals surface area (Å²) in [5, 5.41) is 3.42. The summed E-state index contributed by atoms with van der Waals surface area (Å²) in [4.78, 5) is 11.7. The van der Waals surface area contributed by atoms with Gasteiger partial charge >= 0.3 is 0 Å². The van der Waals surface area contributed by atoms with Crippen molar-refractivity contribution in [1.29, 1.82) is 0 Å². The van der Waals surface area contributed by atoms with Crippen molar-refractivity contribution < 1.29 is 4.74 Å². The molecule has 1 saturated heterocycles. The molecule has 1 aliphatic rings. The van der Waals surface area contributed by atoms with E-state index in [0.717, 1.165) is 37.0 Å². The van der Waals surface area contributed by atoms with E-state index in [1.807, 2.05) is 25.1 Å². The highest BCUT2D eigenvalue weighted by atomic mass is 127. The number of hydrogen-bond donors (Lipinski definition) is 1. The predicted molar refractivity (Wildman–Crippen MR) is 121 cm³/mol. The van der Waals surface area contributed by atoms with Gasteiger partial charge in [0, 0.05) is 18.8 Å². The summed E-state index contributed by atoms with van der Waals surface area (Å²) in [5.41, 5.74) is 4.54. The molecule has 0 radical (unpaired) electrons. The van der Waals surface area contributed by atoms with Crippen LogP contribution in [0.2, 0.25) is 0 Å². The first kappa shape index (κ1) is 21.6. The maximum atomic E-state index is 6.05. The molecular formula is C21H29IN4O. The van der Waals surface area contributed by atoms with Gasteiger partial charge in [-0.3, -0.25) is 4.98 Å². The lowest BCUT2D eigenvalue weighted by atomic mass is 10.0. The molecule has 0 saturated carbocycles. The van der Waals surface area contributed by atoms with Crippen LogP contribution in [-0.2, 0) is 11.3 Å². The molecule has 0 aliphatic carbocycles. The summed E-state index contributed by atoms with van der Waals surface area (Å²) < 4.78 is 6.05. The molecule has 0 spiro atoms. The van der Waals surface area contributed by atoms with Crippen molar-refractivity contribution >= 4 is 29.9 Å². The molecular weight excluding hydrogens is 451 g/mol. The molecule has 27 heavy (non-hydrogen) atoms. The lowest BCUT2D eigenvalue weighted by molar-refractivity contribution is -0.00834. The highest BCUT2D eigenvalue weighted by Crippen LogP contribution is 2.25. The van der Waals surface area contributed by atoms with E-state index < -0.39 is 0 Å². The number of pyridine rings is 1. The zero-order valence-corrected chi connectivity index (χ0v) is 18.6. The number of aryl methyl sites for hydroxylation is 2. The lowest BCUT2D eigenvalue weighted by Crippen LogP contribution is -2.48. The molecule has 6 heteroatoms. The second-order valence-corrected chi connectivity index (χ2v) is 6.60. The van der Waals surface area contributed by atoms with Crippen molar-refractivity contribution in [3.8, 4) is 0 Å². The van der Waals surface area contributed by atoms with E-state index in [2.05, 4.69) is 53.3 Å². The van der Waals surface area contributed by atoms with E-state index in [0.29, 0.717) is 13.2 Å². The number of halogens is 1. The van der Waals surface area contributed by atoms with Gasteiger partial charge in [-0.2, -0.15) is 0 Å². The van der Waals surface area contributed by atoms with Gasteiger partial charge in [-0.25, -0.2) is 4.99 Å². The molecule has 3 rings (SSSR count). The third-order valence-corrected chi connectivity index (χ3v) is 4.57. The van der Waals surface area contributed by atoms with Crippen molar-refractivity contribution in [3.05, 3.63) is 65.0 Å². The number of ether oxygens (including phenoxy) is 1. The second-order valence-electron chi connectivity index (χ2n) is 6.60. The summed E-state index contributed by atoms with van der Waals surface area (Å²) in [6.07, 6.45) is 0.0749. The maximum absolute atomic E-state index is 6.05. The van der Waals surface area contributed by atoms with E-state index >= 15 is 0 Å². The van der Waals surface area contributed by atoms with Crippen LogP contribution >= 0.6 is 24.0 Å². The van der Waals surface area contributed by atoms with Crippen molar-refractivity contribution in [3.63, 3.8) is 0 Å². The molecule has 1 aliphatic heterocycles. The normalized spacial score (nSPS) is 17.4. The summed E-state index contributed by atoms with van der Waals surface area (Å²) in [7, 11) is 0. The van der Waals surface area contributed by atoms with Crippen LogP contribution < -0.4 is 5.32 Å². The average molecular weight is 480 g/mol. The molecule has 1 aromatic carbocycles. The van der Waals surface area contributed by atoms with Gasteiger partial charge < -0.3 is 15.0 Å². The minimum Gasteiger partial charge on any atom is -0.370 e. The first-order chi connectivity index (χ1) is 12.7. The summed E-state index contributed by atoms with van der Waals surface area (Å²) >= 11 is 0. The monoisotopic (exact) mass is 480 g/mol. The van der Waals surface area contributed by atoms with E-state index in [1.54, 1.807) is 0 Å². The molecule has 1 atom stereocenters. The maximum Gasteiger partial charge on any atom is 0.194 e. The first-order valence-electron chi connectivity index (χ1n) is 9.30. The number of aliphatic imine (C=N–C) groups is 1. The Kier molecular flexibility index (Phi) is 8.50. The van der Waals surface area contributed by atoms with Crippen LogP contribution in [0.25, 0.3) is 0 Å². The predicted octanol–water partition coefficient (Wildman–Crippen LogP) is 3.86. The first-order valence-corrected chi connectivity index (χ1v) is 9.30. The molecule has 146 valence electrons. The number of aromatic nitrogens is 1. The van der Waals surface area contributed by atoms with Gasteiger partial charge in [-0.1, -0.05) is 30.3 Å². The minimum absolute atomic E-state index is 0. The zero-order valence-electron chi connectivity index (χ0n) is 16.3. The fourth-order valence-corrected chi connectivity index (χ4v) is 3.25. The van der Waals surface area contributed by atoms with Gasteiger partial charge in [0.15, 0.2) is 5.96 Å². The van der Waals surface area contributed by atoms with Crippen molar-refractivity contribution in [2.24, 2.45) is 4.99 Å². The molecule has 2 aromatic rings. The SMILES string of the molecule is CCNC(=NCc1cccc(C)n1)N1CCOC(c2ccccc2C)C1.I. The zero-order chi connectivity index (χ0) is 18.4. The summed E-state index contributed by atoms with van der Waals surface area (Å²) in [6.45, 7) is 10.0. The largest absolute Gasteiger partial charge is 0.370 e. The van der Waals surface area contributed by atoms with Gasteiger partial charge in [0.25, 0.3) is 0 Å². The smallest absolute Gasteiger partial charge is 0.194 e. The quantitative estimate of drug-likeness (QED) is 0.411. The summed E-state index contributed by atoms with van der Waals surface area (Å²) in [5.74, 6) is 0.928. The molecule has 5 nitrogen and oxygen atoms in total. The van der Waals surface area contributed by atoms with E-state index in [1.165, 1.54) is 11.1 Å². The number of morpholine rings is 1. The highest BCUT2D eigenvalue weighted by molar-refractivity contribution is 14.0. The topological polar surface area (TPSA) is 49.8 Å². The molecule has 1 aromatic heterocycles. The van der Waals surface area contributed by atoms with Gasteiger partial charge in [0.05, 0.1) is 25.4 Å². The van der Waals surface area contributed by atoms with E-state index in [9.17, 15) is 0 Å². The van der Waals surface area contributed by atoms with Crippen LogP contribution in [0.15, 0.2) is 47.5 Å². The molecule has 0 amide bonds. The minimum atomic E-state index is 0. The number of hydrogen-bond acceptors (Lipinski definition) is 3. The highest BCUT2D eigenvalue weighted by Gasteiger charge is 2.25. The third-order valence-electron chi connectivity index (χ3n) is 4.57. The van der Waals surface area contributed by atoms with Crippen LogP contribution in [-0.4, -0.2) is 42.1 Å². The van der Waals surface area contributed by atoms with Crippen molar-refractivity contribution in [1.82, 2.24) is 15.2 Å². The number of rotatable bonds is 4. The average Bonchev–Trinajstić information content (AvgIpc) is 2.66. The van der Waals surface area contributed by atoms with Crippen LogP contribution in [0.3, 0.4) is 0 Å². The van der Waals surface area contributed by atoms with Crippen molar-refractivity contribution in [2.75, 3.05) is 26.2 Å². The van der Waals surface area contributed by atoms with Crippen LogP contribution in [0.5, 0.6) is 0 Å². The van der Waals surface area contributed by atoms with E-state index in [4.69, 9.17) is 9.73 Å². The Morgan fingerprint density at radius 1 is 1.22 bits per heavy atom. The number of guanidine groups is 1. The van der Waals surface area contributed by atoms with Crippen LogP contribution in [0, 0.1) is 13.8 Å². The Labute approximate surface area is 179 Å². The fraction of sp³-hybridized carbons (Fsp3) is 0.429. The standard InChI is InChI=1S/C21H28N4O.HI/c1-4-22-21(23-14-18-10-7-9-17(3)24-18)25-12-13-26-20(15-25)19-11-6-5-8-16(19)2;/h5-11,20H,4,12-15H2,1-3H3,(H,22,23);1H. The Morgan fingerprint density at radius 2 is 2.04 bits per heavy atom. The number of nitrogens with zero attached hydrogens (tertiary/aromatic N) is 3. The second kappa shape index (κ2) is 10.6. The van der Waals surface area contributed by atoms with Crippen LogP contribution in [0.4, 0.5) is 0 Å². The fourth-order valence-electron chi connectivity index (χ4n) is 3.25. The Hall–Kier alpha value is -1.67. The number of nitrogens with one attached hydrogen (secondary N) is 1. The summed E-state index contributed by atoms with van der Waals surface area (Å²) in [6, 6.07) is 14.5. The molecule has 0 bridgehead atoms. The molecule has 1 fully saturated rings. The van der Waals surface area contributed by atoms with Crippen LogP contribution in [0.1, 0.15) is 35.5 Å². The Balaban J connectivity index is 0.00000261. The van der Waals surface area contributed by atoms with E-state index in [-0.39, 0.29) is 30.1 Å². The molecule has 1 unspecified atom stereocenters. The molecule has 2 heterocycles.